The van der Waals surface area contributed by atoms with E-state index in [4.69, 9.17) is 5.41 Å². The molecule has 32 heavy (non-hydrogen) atoms. The van der Waals surface area contributed by atoms with Crippen LogP contribution in [0.3, 0.4) is 0 Å². The molecule has 0 atom stereocenters. The number of nitrogens with one attached hydrogen (secondary N) is 1. The Morgan fingerprint density at radius 3 is 2.47 bits per heavy atom. The summed E-state index contributed by atoms with van der Waals surface area (Å²) in [5.74, 6) is 0.0163. The van der Waals surface area contributed by atoms with Crippen molar-refractivity contribution in [2.24, 2.45) is 4.99 Å². The van der Waals surface area contributed by atoms with Gasteiger partial charge in [-0.2, -0.15) is 0 Å². The molecule has 2 aromatic carbocycles. The number of allylic oxidation sites excluding steroid dienone is 1. The summed E-state index contributed by atoms with van der Waals surface area (Å²) in [5.41, 5.74) is 7.07. The van der Waals surface area contributed by atoms with Crippen molar-refractivity contribution in [3.63, 3.8) is 0 Å². The largest absolute Gasteiger partial charge is 0.370 e. The Morgan fingerprint density at radius 1 is 1.03 bits per heavy atom. The summed E-state index contributed by atoms with van der Waals surface area (Å²) >= 11 is 0. The highest BCUT2D eigenvalue weighted by molar-refractivity contribution is 6.09. The maximum absolute atomic E-state index is 12.4. The van der Waals surface area contributed by atoms with Gasteiger partial charge in [-0.15, -0.1) is 0 Å². The highest BCUT2D eigenvalue weighted by Gasteiger charge is 2.23. The molecule has 1 amide bonds. The highest BCUT2D eigenvalue weighted by Crippen LogP contribution is 2.32. The third-order valence-electron chi connectivity index (χ3n) is 5.98. The molecular weight excluding hydrogens is 398 g/mol. The predicted molar refractivity (Wildman–Crippen MR) is 132 cm³/mol. The van der Waals surface area contributed by atoms with Gasteiger partial charge in [-0.1, -0.05) is 30.3 Å². The molecule has 1 saturated heterocycles. The molecule has 6 heteroatoms. The van der Waals surface area contributed by atoms with E-state index in [1.807, 2.05) is 25.1 Å². The van der Waals surface area contributed by atoms with E-state index in [2.05, 4.69) is 51.2 Å². The van der Waals surface area contributed by atoms with Crippen LogP contribution in [0.1, 0.15) is 23.7 Å². The van der Waals surface area contributed by atoms with Crippen LogP contribution in [-0.2, 0) is 0 Å². The number of carbonyl (C=O) groups is 1. The van der Waals surface area contributed by atoms with E-state index in [9.17, 15) is 4.79 Å². The second kappa shape index (κ2) is 9.39. The lowest BCUT2D eigenvalue weighted by molar-refractivity contribution is 0.0827. The maximum atomic E-state index is 12.4. The molecule has 2 aliphatic rings. The van der Waals surface area contributed by atoms with E-state index in [0.717, 1.165) is 49.6 Å². The van der Waals surface area contributed by atoms with Crippen molar-refractivity contribution in [3.05, 3.63) is 65.9 Å². The molecule has 1 N–H and O–H groups in total. The number of benzene rings is 2. The van der Waals surface area contributed by atoms with Crippen molar-refractivity contribution in [2.75, 3.05) is 51.7 Å². The number of carbonyl (C=O) groups excluding carboxylic acids is 1. The van der Waals surface area contributed by atoms with Gasteiger partial charge in [0.2, 0.25) is 0 Å². The lowest BCUT2D eigenvalue weighted by atomic mass is 10.00. The molecule has 2 aromatic rings. The second-order valence-electron chi connectivity index (χ2n) is 8.67. The summed E-state index contributed by atoms with van der Waals surface area (Å²) in [6, 6.07) is 16.4. The summed E-state index contributed by atoms with van der Waals surface area (Å²) in [6.45, 7) is 6.33. The van der Waals surface area contributed by atoms with Crippen molar-refractivity contribution in [3.8, 4) is 11.1 Å². The van der Waals surface area contributed by atoms with E-state index in [1.165, 1.54) is 11.4 Å². The van der Waals surface area contributed by atoms with E-state index < -0.39 is 0 Å². The van der Waals surface area contributed by atoms with Crippen LogP contribution < -0.4 is 4.90 Å². The molecule has 0 radical (unpaired) electrons. The van der Waals surface area contributed by atoms with Gasteiger partial charge in [0, 0.05) is 80.6 Å². The van der Waals surface area contributed by atoms with Crippen molar-refractivity contribution in [1.82, 2.24) is 9.80 Å². The van der Waals surface area contributed by atoms with Crippen molar-refractivity contribution < 1.29 is 4.79 Å². The van der Waals surface area contributed by atoms with Crippen LogP contribution in [0.25, 0.3) is 11.1 Å². The summed E-state index contributed by atoms with van der Waals surface area (Å²) < 4.78 is 0. The number of aliphatic imine (C=N–C) groups is 1. The van der Waals surface area contributed by atoms with Crippen molar-refractivity contribution in [1.29, 1.82) is 5.41 Å². The van der Waals surface area contributed by atoms with Crippen LogP contribution in [0.4, 0.5) is 5.69 Å². The number of para-hydroxylation sites is 1. The Morgan fingerprint density at radius 2 is 1.75 bits per heavy atom. The molecule has 1 fully saturated rings. The fraction of sp³-hybridized carbons (Fsp3) is 0.346. The molecule has 0 saturated carbocycles. The first-order chi connectivity index (χ1) is 15.4. The van der Waals surface area contributed by atoms with Gasteiger partial charge >= 0.3 is 0 Å². The monoisotopic (exact) mass is 429 g/mol. The number of anilines is 1. The Balaban J connectivity index is 1.49. The van der Waals surface area contributed by atoms with Crippen LogP contribution in [0, 0.1) is 5.41 Å². The number of piperazine rings is 1. The van der Waals surface area contributed by atoms with Crippen molar-refractivity contribution in [2.45, 2.75) is 13.3 Å². The smallest absolute Gasteiger partial charge is 0.253 e. The molecule has 0 aromatic heterocycles. The molecule has 0 aliphatic carbocycles. The lowest BCUT2D eigenvalue weighted by Gasteiger charge is -2.38. The van der Waals surface area contributed by atoms with Gasteiger partial charge in [0.25, 0.3) is 5.91 Å². The van der Waals surface area contributed by atoms with Crippen LogP contribution in [0.5, 0.6) is 0 Å². The number of rotatable bonds is 6. The van der Waals surface area contributed by atoms with E-state index >= 15 is 0 Å². The number of hydrogen-bond acceptors (Lipinski definition) is 5. The van der Waals surface area contributed by atoms with E-state index in [1.54, 1.807) is 19.0 Å². The molecule has 2 heterocycles. The Kier molecular flexibility index (Phi) is 6.40. The Hall–Kier alpha value is -3.41. The molecule has 0 unspecified atom stereocenters. The maximum Gasteiger partial charge on any atom is 0.253 e. The molecule has 0 spiro atoms. The quantitative estimate of drug-likeness (QED) is 0.708. The zero-order valence-corrected chi connectivity index (χ0v) is 19.1. The molecule has 6 nitrogen and oxygen atoms in total. The first-order valence-electron chi connectivity index (χ1n) is 11.1. The van der Waals surface area contributed by atoms with Crippen molar-refractivity contribution >= 4 is 23.0 Å². The zero-order chi connectivity index (χ0) is 22.7. The van der Waals surface area contributed by atoms with Gasteiger partial charge in [-0.05, 0) is 36.8 Å². The van der Waals surface area contributed by atoms with E-state index in [0.29, 0.717) is 17.7 Å². The molecular formula is C26H31N5O. The van der Waals surface area contributed by atoms with Crippen LogP contribution in [-0.4, -0.2) is 73.9 Å². The highest BCUT2D eigenvalue weighted by atomic mass is 16.2. The first-order valence-corrected chi connectivity index (χ1v) is 11.1. The minimum atomic E-state index is 0.0163. The van der Waals surface area contributed by atoms with Crippen LogP contribution in [0.15, 0.2) is 65.3 Å². The molecule has 4 rings (SSSR count). The fourth-order valence-corrected chi connectivity index (χ4v) is 4.34. The fourth-order valence-electron chi connectivity index (χ4n) is 4.34. The minimum Gasteiger partial charge on any atom is -0.370 e. The van der Waals surface area contributed by atoms with Gasteiger partial charge in [0.05, 0.1) is 6.54 Å². The number of amides is 1. The SMILES string of the molecule is CC(=N)CC1=NCC(N2CCN(c3ccccc3-c3cccc(C(=O)N(C)C)c3)CC2)=C1. The van der Waals surface area contributed by atoms with Crippen LogP contribution in [0.2, 0.25) is 0 Å². The Labute approximate surface area is 190 Å². The van der Waals surface area contributed by atoms with Gasteiger partial charge < -0.3 is 20.1 Å². The third kappa shape index (κ3) is 4.74. The standard InChI is InChI=1S/C26H31N5O/c1-19(27)15-22-17-23(18-28-22)30-11-13-31(14-12-30)25-10-5-4-9-24(25)20-7-6-8-21(16-20)26(32)29(2)3/h4-10,16-17,27H,11-15,18H2,1-3H3. The normalized spacial score (nSPS) is 16.0. The average molecular weight is 430 g/mol. The summed E-state index contributed by atoms with van der Waals surface area (Å²) in [5, 5.41) is 7.69. The molecule has 2 aliphatic heterocycles. The Bertz CT molecular complexity index is 1080. The number of nitrogens with zero attached hydrogens (tertiary/aromatic N) is 4. The van der Waals surface area contributed by atoms with Gasteiger partial charge in [-0.25, -0.2) is 0 Å². The molecule has 166 valence electrons. The summed E-state index contributed by atoms with van der Waals surface area (Å²) in [4.78, 5) is 23.5. The van der Waals surface area contributed by atoms with Gasteiger partial charge in [-0.3, -0.25) is 9.79 Å². The van der Waals surface area contributed by atoms with Gasteiger partial charge in [0.1, 0.15) is 0 Å². The zero-order valence-electron chi connectivity index (χ0n) is 19.1. The van der Waals surface area contributed by atoms with E-state index in [-0.39, 0.29) is 5.91 Å². The van der Waals surface area contributed by atoms with Crippen LogP contribution >= 0.6 is 0 Å². The molecule has 0 bridgehead atoms. The third-order valence-corrected chi connectivity index (χ3v) is 5.98. The second-order valence-corrected chi connectivity index (χ2v) is 8.67. The topological polar surface area (TPSA) is 63.0 Å². The minimum absolute atomic E-state index is 0.0163. The summed E-state index contributed by atoms with van der Waals surface area (Å²) in [7, 11) is 3.56. The predicted octanol–water partition coefficient (Wildman–Crippen LogP) is 3.95. The number of hydrogen-bond donors (Lipinski definition) is 1. The average Bonchev–Trinajstić information content (AvgIpc) is 3.26. The lowest BCUT2D eigenvalue weighted by Crippen LogP contribution is -2.46. The summed E-state index contributed by atoms with van der Waals surface area (Å²) in [6.07, 6.45) is 2.81. The van der Waals surface area contributed by atoms with Gasteiger partial charge in [0.15, 0.2) is 0 Å². The first kappa shape index (κ1) is 21.8.